The number of benzene rings is 1. The Labute approximate surface area is 184 Å². The first-order chi connectivity index (χ1) is 14.9. The van der Waals surface area contributed by atoms with Crippen molar-refractivity contribution in [1.82, 2.24) is 5.01 Å². The number of allylic oxidation sites excluding steroid dienone is 2. The lowest BCUT2D eigenvalue weighted by Crippen LogP contribution is -2.40. The molecule has 5 aliphatic rings. The van der Waals surface area contributed by atoms with Gasteiger partial charge >= 0.3 is 0 Å². The number of carbonyl (C=O) groups is 2. The Morgan fingerprint density at radius 1 is 1.10 bits per heavy atom. The monoisotopic (exact) mass is 481 g/mol. The van der Waals surface area contributed by atoms with Crippen LogP contribution in [0.2, 0.25) is 0 Å². The van der Waals surface area contributed by atoms with Crippen molar-refractivity contribution in [2.75, 3.05) is 0 Å². The van der Waals surface area contributed by atoms with Crippen molar-refractivity contribution in [3.05, 3.63) is 62.8 Å². The van der Waals surface area contributed by atoms with Gasteiger partial charge in [0.25, 0.3) is 17.5 Å². The molecule has 0 unspecified atom stereocenters. The van der Waals surface area contributed by atoms with Gasteiger partial charge in [0.1, 0.15) is 11.5 Å². The summed E-state index contributed by atoms with van der Waals surface area (Å²) in [5, 5.41) is 16.5. The van der Waals surface area contributed by atoms with E-state index in [-0.39, 0.29) is 41.2 Å². The highest BCUT2D eigenvalue weighted by molar-refractivity contribution is 9.10. The molecule has 156 valence electrons. The molecule has 8 nitrogen and oxygen atoms in total. The molecule has 0 radical (unpaired) electrons. The van der Waals surface area contributed by atoms with Crippen molar-refractivity contribution in [1.29, 1.82) is 0 Å². The number of hydrazone groups is 1. The molecule has 1 saturated heterocycles. The molecule has 0 spiro atoms. The molecule has 3 fully saturated rings. The predicted octanol–water partition coefficient (Wildman–Crippen LogP) is 4.00. The number of nitrogens with zero attached hydrogens (tertiary/aromatic N) is 3. The molecule has 9 heteroatoms. The van der Waals surface area contributed by atoms with Crippen LogP contribution < -0.4 is 0 Å². The maximum absolute atomic E-state index is 13.0. The smallest absolute Gasteiger partial charge is 0.281 e. The number of halogens is 1. The van der Waals surface area contributed by atoms with E-state index in [1.165, 1.54) is 12.3 Å². The normalized spacial score (nSPS) is 32.6. The number of imide groups is 1. The van der Waals surface area contributed by atoms with Crippen LogP contribution >= 0.6 is 15.9 Å². The second kappa shape index (κ2) is 6.46. The van der Waals surface area contributed by atoms with Gasteiger partial charge in [-0.05, 0) is 54.4 Å². The van der Waals surface area contributed by atoms with E-state index in [0.717, 1.165) is 11.4 Å². The first-order valence-electron chi connectivity index (χ1n) is 10.1. The Balaban J connectivity index is 1.26. The minimum absolute atomic E-state index is 0.0947. The second-order valence-electron chi connectivity index (χ2n) is 8.51. The van der Waals surface area contributed by atoms with E-state index in [1.54, 1.807) is 24.3 Å². The van der Waals surface area contributed by atoms with E-state index in [4.69, 9.17) is 4.42 Å². The summed E-state index contributed by atoms with van der Waals surface area (Å²) in [4.78, 5) is 36.8. The van der Waals surface area contributed by atoms with Gasteiger partial charge in [-0.2, -0.15) is 10.1 Å². The summed E-state index contributed by atoms with van der Waals surface area (Å²) in [6.07, 6.45) is 6.65. The molecule has 1 aromatic carbocycles. The van der Waals surface area contributed by atoms with Crippen molar-refractivity contribution in [3.63, 3.8) is 0 Å². The molecule has 2 saturated carbocycles. The van der Waals surface area contributed by atoms with E-state index in [2.05, 4.69) is 33.2 Å². The van der Waals surface area contributed by atoms with Gasteiger partial charge in [0.2, 0.25) is 0 Å². The van der Waals surface area contributed by atoms with Crippen molar-refractivity contribution < 1.29 is 18.9 Å². The zero-order chi connectivity index (χ0) is 21.4. The molecule has 1 aliphatic heterocycles. The van der Waals surface area contributed by atoms with E-state index < -0.39 is 4.92 Å². The van der Waals surface area contributed by atoms with E-state index in [9.17, 15) is 19.7 Å². The molecule has 0 N–H and O–H groups in total. The van der Waals surface area contributed by atoms with Crippen LogP contribution in [0, 0.1) is 45.6 Å². The Kier molecular flexibility index (Phi) is 3.89. The van der Waals surface area contributed by atoms with E-state index in [1.807, 2.05) is 0 Å². The molecular weight excluding hydrogens is 466 g/mol. The van der Waals surface area contributed by atoms with Gasteiger partial charge < -0.3 is 4.42 Å². The molecule has 4 aliphatic carbocycles. The average molecular weight is 482 g/mol. The lowest BCUT2D eigenvalue weighted by atomic mass is 9.63. The molecule has 2 aromatic rings. The van der Waals surface area contributed by atoms with Crippen molar-refractivity contribution in [3.8, 4) is 11.3 Å². The summed E-state index contributed by atoms with van der Waals surface area (Å²) >= 11 is 3.23. The number of furan rings is 1. The minimum atomic E-state index is -0.480. The third kappa shape index (κ3) is 2.69. The van der Waals surface area contributed by atoms with Gasteiger partial charge in [0.05, 0.1) is 28.5 Å². The van der Waals surface area contributed by atoms with Gasteiger partial charge in [0.15, 0.2) is 0 Å². The van der Waals surface area contributed by atoms with Gasteiger partial charge in [-0.3, -0.25) is 19.7 Å². The second-order valence-corrected chi connectivity index (χ2v) is 9.42. The predicted molar refractivity (Wildman–Crippen MR) is 113 cm³/mol. The lowest BCUT2D eigenvalue weighted by Gasteiger charge is -2.37. The number of rotatable bonds is 4. The summed E-state index contributed by atoms with van der Waals surface area (Å²) in [7, 11) is 0. The van der Waals surface area contributed by atoms with Crippen LogP contribution in [-0.4, -0.2) is 28.0 Å². The van der Waals surface area contributed by atoms with Crippen molar-refractivity contribution >= 4 is 39.6 Å². The Bertz CT molecular complexity index is 1180. The first-order valence-corrected chi connectivity index (χ1v) is 10.9. The van der Waals surface area contributed by atoms with Crippen LogP contribution in [0.1, 0.15) is 12.2 Å². The van der Waals surface area contributed by atoms with Gasteiger partial charge in [-0.15, -0.1) is 0 Å². The fraction of sp³-hybridized carbons (Fsp3) is 0.318. The van der Waals surface area contributed by atoms with Crippen molar-refractivity contribution in [2.45, 2.75) is 6.42 Å². The molecule has 1 aromatic heterocycles. The summed E-state index contributed by atoms with van der Waals surface area (Å²) in [6, 6.07) is 7.89. The highest BCUT2D eigenvalue weighted by Crippen LogP contribution is 2.65. The summed E-state index contributed by atoms with van der Waals surface area (Å²) < 4.78 is 6.29. The molecule has 2 bridgehead atoms. The number of nitro benzene ring substituents is 1. The fourth-order valence-electron chi connectivity index (χ4n) is 5.60. The largest absolute Gasteiger partial charge is 0.455 e. The quantitative estimate of drug-likeness (QED) is 0.215. The lowest BCUT2D eigenvalue weighted by molar-refractivity contribution is -0.384. The SMILES string of the molecule is O=C1[C@@H]2[C@@H]3C=C[C@H]([C@H]4C[C@H]34)[C@@H]2C(=O)N1/N=C\c1ccc(-c2ccc(Br)cc2[N+](=O)[O-])o1. The zero-order valence-electron chi connectivity index (χ0n) is 16.1. The summed E-state index contributed by atoms with van der Waals surface area (Å²) in [5.74, 6) is 0.856. The fourth-order valence-corrected chi connectivity index (χ4v) is 5.95. The van der Waals surface area contributed by atoms with Gasteiger partial charge in [0, 0.05) is 10.5 Å². The Morgan fingerprint density at radius 2 is 1.77 bits per heavy atom. The average Bonchev–Trinajstić information content (AvgIpc) is 3.39. The number of hydrogen-bond acceptors (Lipinski definition) is 6. The maximum Gasteiger partial charge on any atom is 0.281 e. The molecular formula is C22H16BrN3O5. The van der Waals surface area contributed by atoms with Crippen LogP contribution in [0.25, 0.3) is 11.3 Å². The molecule has 2 heterocycles. The maximum atomic E-state index is 13.0. The zero-order valence-corrected chi connectivity index (χ0v) is 17.6. The van der Waals surface area contributed by atoms with Crippen LogP contribution in [0.5, 0.6) is 0 Å². The van der Waals surface area contributed by atoms with Crippen molar-refractivity contribution in [2.24, 2.45) is 40.6 Å². The molecule has 2 amide bonds. The van der Waals surface area contributed by atoms with Crippen LogP contribution in [-0.2, 0) is 9.59 Å². The van der Waals surface area contributed by atoms with E-state index >= 15 is 0 Å². The summed E-state index contributed by atoms with van der Waals surface area (Å²) in [5.41, 5.74) is 0.233. The topological polar surface area (TPSA) is 106 Å². The van der Waals surface area contributed by atoms with Gasteiger partial charge in [-0.25, -0.2) is 0 Å². The molecule has 6 atom stereocenters. The molecule has 31 heavy (non-hydrogen) atoms. The number of hydrogen-bond donors (Lipinski definition) is 0. The Hall–Kier alpha value is -3.07. The third-order valence-corrected chi connectivity index (χ3v) is 7.48. The number of amides is 2. The molecule has 7 rings (SSSR count). The van der Waals surface area contributed by atoms with Crippen LogP contribution in [0.15, 0.2) is 56.5 Å². The van der Waals surface area contributed by atoms with Crippen LogP contribution in [0.3, 0.4) is 0 Å². The van der Waals surface area contributed by atoms with Crippen LogP contribution in [0.4, 0.5) is 5.69 Å². The Morgan fingerprint density at radius 3 is 2.42 bits per heavy atom. The highest BCUT2D eigenvalue weighted by atomic mass is 79.9. The number of carbonyl (C=O) groups excluding carboxylic acids is 2. The highest BCUT2D eigenvalue weighted by Gasteiger charge is 2.67. The minimum Gasteiger partial charge on any atom is -0.455 e. The van der Waals surface area contributed by atoms with E-state index in [0.29, 0.717) is 33.4 Å². The standard InChI is InChI=1S/C22H16BrN3O5/c23-10-1-3-14(17(7-10)26(29)30)18-6-2-11(31-18)9-24-25-21(27)19-12-4-5-13(16-8-15(12)16)20(19)22(25)28/h1-7,9,12-13,15-16,19-20H,8H2/b24-9-/t12-,13-,15-,16-,19-,20+/m1/s1. The third-order valence-electron chi connectivity index (χ3n) is 6.99. The number of nitro groups is 1. The first kappa shape index (κ1) is 18.7. The summed E-state index contributed by atoms with van der Waals surface area (Å²) in [6.45, 7) is 0. The van der Waals surface area contributed by atoms with Gasteiger partial charge in [-0.1, -0.05) is 28.1 Å².